The maximum atomic E-state index is 12.1. The summed E-state index contributed by atoms with van der Waals surface area (Å²) in [4.78, 5) is 26.7. The van der Waals surface area contributed by atoms with Crippen LogP contribution in [0, 0.1) is 10.1 Å². The zero-order valence-electron chi connectivity index (χ0n) is 12.9. The first-order valence-electron chi connectivity index (χ1n) is 7.53. The van der Waals surface area contributed by atoms with Crippen molar-refractivity contribution in [2.45, 2.75) is 13.0 Å². The number of carbonyl (C=O) groups excluding carboxylic acids is 1. The van der Waals surface area contributed by atoms with E-state index in [9.17, 15) is 14.9 Å². The van der Waals surface area contributed by atoms with Gasteiger partial charge < -0.3 is 9.88 Å². The van der Waals surface area contributed by atoms with Crippen LogP contribution in [0.1, 0.15) is 5.56 Å². The molecule has 2 heterocycles. The smallest absolute Gasteiger partial charge is 0.278 e. The molecule has 0 radical (unpaired) electrons. The highest BCUT2D eigenvalue weighted by Crippen LogP contribution is 2.26. The van der Waals surface area contributed by atoms with Crippen molar-refractivity contribution in [3.8, 4) is 0 Å². The van der Waals surface area contributed by atoms with Crippen LogP contribution in [0.25, 0.3) is 10.9 Å². The molecule has 0 aliphatic rings. The van der Waals surface area contributed by atoms with Crippen LogP contribution >= 0.6 is 0 Å². The number of nitrogens with zero attached hydrogens (tertiary/aromatic N) is 3. The van der Waals surface area contributed by atoms with Crippen LogP contribution in [0.15, 0.2) is 55.0 Å². The van der Waals surface area contributed by atoms with Gasteiger partial charge in [0.1, 0.15) is 6.54 Å². The Labute approximate surface area is 138 Å². The fourth-order valence-electron chi connectivity index (χ4n) is 2.61. The molecule has 0 atom stereocenters. The average Bonchev–Trinajstić information content (AvgIpc) is 2.98. The molecule has 0 aliphatic carbocycles. The molecular weight excluding hydrogens is 308 g/mol. The van der Waals surface area contributed by atoms with Crippen LogP contribution in [0.5, 0.6) is 0 Å². The Morgan fingerprint density at radius 2 is 2.00 bits per heavy atom. The fraction of sp³-hybridized carbons (Fsp3) is 0.176. The van der Waals surface area contributed by atoms with E-state index in [2.05, 4.69) is 10.3 Å². The summed E-state index contributed by atoms with van der Waals surface area (Å²) < 4.78 is 1.71. The van der Waals surface area contributed by atoms with Crippen molar-refractivity contribution in [2.24, 2.45) is 0 Å². The lowest BCUT2D eigenvalue weighted by Gasteiger charge is -2.07. The topological polar surface area (TPSA) is 90.1 Å². The maximum absolute atomic E-state index is 12.1. The highest BCUT2D eigenvalue weighted by Gasteiger charge is 2.14. The number of fused-ring (bicyclic) bond motifs is 1. The van der Waals surface area contributed by atoms with Gasteiger partial charge in [0.2, 0.25) is 5.91 Å². The molecule has 3 aromatic rings. The van der Waals surface area contributed by atoms with Gasteiger partial charge in [-0.15, -0.1) is 0 Å². The minimum absolute atomic E-state index is 0.0457. The van der Waals surface area contributed by atoms with E-state index < -0.39 is 4.92 Å². The van der Waals surface area contributed by atoms with E-state index in [1.54, 1.807) is 41.4 Å². The molecule has 0 unspecified atom stereocenters. The van der Waals surface area contributed by atoms with E-state index >= 15 is 0 Å². The molecule has 1 aromatic carbocycles. The Morgan fingerprint density at radius 1 is 1.21 bits per heavy atom. The summed E-state index contributed by atoms with van der Waals surface area (Å²) in [5.74, 6) is -0.131. The molecule has 0 saturated carbocycles. The Morgan fingerprint density at radius 3 is 2.75 bits per heavy atom. The quantitative estimate of drug-likeness (QED) is 0.556. The molecule has 1 amide bonds. The Hall–Kier alpha value is -3.22. The predicted molar refractivity (Wildman–Crippen MR) is 89.5 cm³/mol. The van der Waals surface area contributed by atoms with Crippen LogP contribution in [0.2, 0.25) is 0 Å². The maximum Gasteiger partial charge on any atom is 0.278 e. The van der Waals surface area contributed by atoms with Gasteiger partial charge in [0.05, 0.1) is 15.8 Å². The minimum atomic E-state index is -0.415. The third kappa shape index (κ3) is 3.40. The van der Waals surface area contributed by atoms with E-state index in [-0.39, 0.29) is 18.1 Å². The highest BCUT2D eigenvalue weighted by atomic mass is 16.6. The lowest BCUT2D eigenvalue weighted by atomic mass is 10.2. The van der Waals surface area contributed by atoms with E-state index in [0.29, 0.717) is 17.4 Å². The number of amides is 1. The SMILES string of the molecule is O=C(Cn1ccc2c([N+](=O)[O-])cccc21)NCCc1ccncc1. The standard InChI is InChI=1S/C17H16N4O3/c22-17(19-10-6-13-4-8-18-9-5-13)12-20-11-7-14-15(20)2-1-3-16(14)21(23)24/h1-5,7-9,11H,6,10,12H2,(H,19,22). The predicted octanol–water partition coefficient (Wildman–Crippen LogP) is 2.30. The van der Waals surface area contributed by atoms with Gasteiger partial charge in [-0.05, 0) is 36.2 Å². The molecule has 7 nitrogen and oxygen atoms in total. The monoisotopic (exact) mass is 324 g/mol. The first kappa shape index (κ1) is 15.7. The summed E-state index contributed by atoms with van der Waals surface area (Å²) in [5, 5.41) is 14.4. The van der Waals surface area contributed by atoms with Crippen molar-refractivity contribution in [3.63, 3.8) is 0 Å². The molecule has 1 N–H and O–H groups in total. The zero-order chi connectivity index (χ0) is 16.9. The Bertz CT molecular complexity index is 874. The van der Waals surface area contributed by atoms with Crippen molar-refractivity contribution >= 4 is 22.5 Å². The third-order valence-corrected chi connectivity index (χ3v) is 3.79. The van der Waals surface area contributed by atoms with Gasteiger partial charge in [-0.2, -0.15) is 0 Å². The number of carbonyl (C=O) groups is 1. The summed E-state index contributed by atoms with van der Waals surface area (Å²) in [7, 11) is 0. The highest BCUT2D eigenvalue weighted by molar-refractivity contribution is 5.90. The van der Waals surface area contributed by atoms with Crippen molar-refractivity contribution in [1.29, 1.82) is 0 Å². The number of aromatic nitrogens is 2. The molecule has 0 fully saturated rings. The molecule has 0 bridgehead atoms. The number of hydrogen-bond acceptors (Lipinski definition) is 4. The number of benzene rings is 1. The van der Waals surface area contributed by atoms with Gasteiger partial charge in [0.25, 0.3) is 5.69 Å². The first-order chi connectivity index (χ1) is 11.6. The van der Waals surface area contributed by atoms with Gasteiger partial charge >= 0.3 is 0 Å². The van der Waals surface area contributed by atoms with Gasteiger partial charge in [-0.3, -0.25) is 19.9 Å². The second-order valence-corrected chi connectivity index (χ2v) is 5.37. The molecule has 7 heteroatoms. The number of nitro benzene ring substituents is 1. The zero-order valence-corrected chi connectivity index (χ0v) is 12.9. The number of nitro groups is 1. The van der Waals surface area contributed by atoms with Crippen LogP contribution in [-0.4, -0.2) is 26.9 Å². The molecular formula is C17H16N4O3. The van der Waals surface area contributed by atoms with Crippen molar-refractivity contribution in [3.05, 3.63) is 70.7 Å². The average molecular weight is 324 g/mol. The largest absolute Gasteiger partial charge is 0.354 e. The van der Waals surface area contributed by atoms with Crippen LogP contribution in [-0.2, 0) is 17.8 Å². The first-order valence-corrected chi connectivity index (χ1v) is 7.53. The van der Waals surface area contributed by atoms with Gasteiger partial charge in [-0.25, -0.2) is 0 Å². The van der Waals surface area contributed by atoms with Crippen LogP contribution < -0.4 is 5.32 Å². The lowest BCUT2D eigenvalue weighted by molar-refractivity contribution is -0.383. The molecule has 2 aromatic heterocycles. The number of non-ortho nitro benzene ring substituents is 1. The number of rotatable bonds is 6. The normalized spacial score (nSPS) is 10.7. The molecule has 122 valence electrons. The number of hydrogen-bond donors (Lipinski definition) is 1. The summed E-state index contributed by atoms with van der Waals surface area (Å²) in [6, 6.07) is 10.3. The number of nitrogens with one attached hydrogen (secondary N) is 1. The second-order valence-electron chi connectivity index (χ2n) is 5.37. The molecule has 0 spiro atoms. The lowest BCUT2D eigenvalue weighted by Crippen LogP contribution is -2.29. The van der Waals surface area contributed by atoms with E-state index in [4.69, 9.17) is 0 Å². The van der Waals surface area contributed by atoms with Crippen LogP contribution in [0.4, 0.5) is 5.69 Å². The second kappa shape index (κ2) is 6.91. The summed E-state index contributed by atoms with van der Waals surface area (Å²) >= 11 is 0. The minimum Gasteiger partial charge on any atom is -0.354 e. The molecule has 0 saturated heterocycles. The molecule has 3 rings (SSSR count). The summed E-state index contributed by atoms with van der Waals surface area (Å²) in [6.07, 6.45) is 5.86. The van der Waals surface area contributed by atoms with E-state index in [1.165, 1.54) is 6.07 Å². The summed E-state index contributed by atoms with van der Waals surface area (Å²) in [5.41, 5.74) is 1.82. The van der Waals surface area contributed by atoms with Crippen molar-refractivity contribution in [1.82, 2.24) is 14.9 Å². The molecule has 24 heavy (non-hydrogen) atoms. The van der Waals surface area contributed by atoms with E-state index in [0.717, 1.165) is 12.0 Å². The van der Waals surface area contributed by atoms with E-state index in [1.807, 2.05) is 12.1 Å². The van der Waals surface area contributed by atoms with Gasteiger partial charge in [0.15, 0.2) is 0 Å². The van der Waals surface area contributed by atoms with Crippen molar-refractivity contribution < 1.29 is 9.72 Å². The summed E-state index contributed by atoms with van der Waals surface area (Å²) in [6.45, 7) is 0.656. The Balaban J connectivity index is 1.63. The third-order valence-electron chi connectivity index (χ3n) is 3.79. The number of pyridine rings is 1. The fourth-order valence-corrected chi connectivity index (χ4v) is 2.61. The molecule has 0 aliphatic heterocycles. The Kier molecular flexibility index (Phi) is 4.51. The van der Waals surface area contributed by atoms with Gasteiger partial charge in [-0.1, -0.05) is 6.07 Å². The van der Waals surface area contributed by atoms with Crippen molar-refractivity contribution in [2.75, 3.05) is 6.54 Å². The van der Waals surface area contributed by atoms with Crippen LogP contribution in [0.3, 0.4) is 0 Å². The van der Waals surface area contributed by atoms with Gasteiger partial charge in [0, 0.05) is 31.2 Å².